The Morgan fingerprint density at radius 1 is 1.40 bits per heavy atom. The number of rotatable bonds is 6. The van der Waals surface area contributed by atoms with Gasteiger partial charge in [0.15, 0.2) is 0 Å². The topological polar surface area (TPSA) is 24.5 Å². The summed E-state index contributed by atoms with van der Waals surface area (Å²) < 4.78 is 5.23. The van der Waals surface area contributed by atoms with Crippen LogP contribution >= 0.6 is 0 Å². The fraction of sp³-hybridized carbons (Fsp3) is 0.647. The molecule has 1 fully saturated rings. The maximum Gasteiger partial charge on any atom is 0.0713 e. The molecule has 2 rings (SSSR count). The molecule has 1 saturated heterocycles. The maximum absolute atomic E-state index is 5.23. The van der Waals surface area contributed by atoms with E-state index in [1.165, 1.54) is 30.5 Å². The number of anilines is 1. The Morgan fingerprint density at radius 2 is 2.25 bits per heavy atom. The van der Waals surface area contributed by atoms with Crippen molar-refractivity contribution in [3.05, 3.63) is 29.8 Å². The molecule has 112 valence electrons. The minimum atomic E-state index is 0.593. The van der Waals surface area contributed by atoms with Crippen LogP contribution in [-0.2, 0) is 11.3 Å². The highest BCUT2D eigenvalue weighted by molar-refractivity contribution is 5.50. The molecule has 0 saturated carbocycles. The number of methoxy groups -OCH3 is 1. The van der Waals surface area contributed by atoms with E-state index in [2.05, 4.69) is 48.3 Å². The molecule has 20 heavy (non-hydrogen) atoms. The van der Waals surface area contributed by atoms with Crippen molar-refractivity contribution < 1.29 is 4.74 Å². The van der Waals surface area contributed by atoms with Crippen LogP contribution in [0.4, 0.5) is 5.69 Å². The lowest BCUT2D eigenvalue weighted by atomic mass is 9.97. The number of hydrogen-bond donors (Lipinski definition) is 1. The molecule has 0 aromatic heterocycles. The Morgan fingerprint density at radius 3 is 2.95 bits per heavy atom. The number of benzene rings is 1. The predicted octanol–water partition coefficient (Wildman–Crippen LogP) is 3.19. The maximum atomic E-state index is 5.23. The Kier molecular flexibility index (Phi) is 5.86. The van der Waals surface area contributed by atoms with E-state index in [0.717, 1.165) is 13.1 Å². The summed E-state index contributed by atoms with van der Waals surface area (Å²) in [6, 6.07) is 10.0. The van der Waals surface area contributed by atoms with Gasteiger partial charge in [0.05, 0.1) is 6.61 Å². The van der Waals surface area contributed by atoms with Crippen LogP contribution < -0.4 is 10.2 Å². The van der Waals surface area contributed by atoms with E-state index in [0.29, 0.717) is 18.7 Å². The van der Waals surface area contributed by atoms with E-state index in [-0.39, 0.29) is 0 Å². The number of nitrogens with one attached hydrogen (secondary N) is 1. The lowest BCUT2D eigenvalue weighted by Crippen LogP contribution is -2.47. The van der Waals surface area contributed by atoms with Crippen LogP contribution in [-0.4, -0.2) is 32.3 Å². The van der Waals surface area contributed by atoms with Crippen LogP contribution in [0.25, 0.3) is 0 Å². The molecule has 1 heterocycles. The van der Waals surface area contributed by atoms with Crippen LogP contribution in [0.3, 0.4) is 0 Å². The Balaban J connectivity index is 1.98. The van der Waals surface area contributed by atoms with Crippen molar-refractivity contribution in [2.75, 3.05) is 25.1 Å². The Labute approximate surface area is 123 Å². The van der Waals surface area contributed by atoms with Gasteiger partial charge in [0.2, 0.25) is 0 Å². The average molecular weight is 276 g/mol. The third-order valence-corrected chi connectivity index (χ3v) is 4.11. The molecule has 1 aromatic carbocycles. The molecule has 2 atom stereocenters. The van der Waals surface area contributed by atoms with Crippen LogP contribution in [0.5, 0.6) is 0 Å². The van der Waals surface area contributed by atoms with Crippen LogP contribution in [0.2, 0.25) is 0 Å². The standard InChI is InChI=1S/C17H28N2O/c1-4-9-18-16-8-10-19(14(2)11-16)17-7-5-6-15(12-17)13-20-3/h5-7,12,14,16,18H,4,8-11,13H2,1-3H3. The minimum Gasteiger partial charge on any atom is -0.380 e. The van der Waals surface area contributed by atoms with Gasteiger partial charge in [-0.25, -0.2) is 0 Å². The first-order chi connectivity index (χ1) is 9.74. The van der Waals surface area contributed by atoms with Gasteiger partial charge in [-0.1, -0.05) is 19.1 Å². The smallest absolute Gasteiger partial charge is 0.0713 e. The fourth-order valence-electron chi connectivity index (χ4n) is 3.08. The summed E-state index contributed by atoms with van der Waals surface area (Å²) in [7, 11) is 1.75. The van der Waals surface area contributed by atoms with E-state index < -0.39 is 0 Å². The highest BCUT2D eigenvalue weighted by atomic mass is 16.5. The molecule has 3 nitrogen and oxygen atoms in total. The minimum absolute atomic E-state index is 0.593. The quantitative estimate of drug-likeness (QED) is 0.863. The van der Waals surface area contributed by atoms with E-state index >= 15 is 0 Å². The van der Waals surface area contributed by atoms with Gasteiger partial charge in [0.1, 0.15) is 0 Å². The summed E-state index contributed by atoms with van der Waals surface area (Å²) in [5.41, 5.74) is 2.59. The van der Waals surface area contributed by atoms with Gasteiger partial charge in [0.25, 0.3) is 0 Å². The summed E-state index contributed by atoms with van der Waals surface area (Å²) in [5, 5.41) is 3.66. The average Bonchev–Trinajstić information content (AvgIpc) is 2.46. The zero-order chi connectivity index (χ0) is 14.4. The molecular formula is C17H28N2O. The molecule has 3 heteroatoms. The molecule has 1 N–H and O–H groups in total. The largest absolute Gasteiger partial charge is 0.380 e. The molecule has 1 aromatic rings. The molecule has 0 amide bonds. The van der Waals surface area contributed by atoms with Gasteiger partial charge in [0, 0.05) is 31.4 Å². The van der Waals surface area contributed by atoms with E-state index in [9.17, 15) is 0 Å². The summed E-state index contributed by atoms with van der Waals surface area (Å²) in [4.78, 5) is 2.53. The molecule has 0 bridgehead atoms. The lowest BCUT2D eigenvalue weighted by Gasteiger charge is -2.40. The van der Waals surface area contributed by atoms with Crippen molar-refractivity contribution in [2.24, 2.45) is 0 Å². The predicted molar refractivity (Wildman–Crippen MR) is 85.3 cm³/mol. The van der Waals surface area contributed by atoms with Gasteiger partial charge in [-0.05, 0) is 50.4 Å². The Bertz CT molecular complexity index is 408. The van der Waals surface area contributed by atoms with Gasteiger partial charge >= 0.3 is 0 Å². The normalized spacial score (nSPS) is 23.1. The number of piperidine rings is 1. The van der Waals surface area contributed by atoms with Crippen molar-refractivity contribution in [1.82, 2.24) is 5.32 Å². The molecular weight excluding hydrogens is 248 g/mol. The second kappa shape index (κ2) is 7.65. The highest BCUT2D eigenvalue weighted by Gasteiger charge is 2.25. The zero-order valence-electron chi connectivity index (χ0n) is 13.1. The second-order valence-corrected chi connectivity index (χ2v) is 5.82. The number of ether oxygens (including phenoxy) is 1. The second-order valence-electron chi connectivity index (χ2n) is 5.82. The lowest BCUT2D eigenvalue weighted by molar-refractivity contribution is 0.185. The molecule has 2 unspecified atom stereocenters. The van der Waals surface area contributed by atoms with Gasteiger partial charge < -0.3 is 15.0 Å². The van der Waals surface area contributed by atoms with Crippen molar-refractivity contribution in [3.63, 3.8) is 0 Å². The summed E-state index contributed by atoms with van der Waals surface area (Å²) >= 11 is 0. The zero-order valence-corrected chi connectivity index (χ0v) is 13.1. The van der Waals surface area contributed by atoms with E-state index in [1.54, 1.807) is 7.11 Å². The molecule has 0 aliphatic carbocycles. The van der Waals surface area contributed by atoms with E-state index in [1.807, 2.05) is 0 Å². The first-order valence-corrected chi connectivity index (χ1v) is 7.82. The van der Waals surface area contributed by atoms with Crippen molar-refractivity contribution in [1.29, 1.82) is 0 Å². The van der Waals surface area contributed by atoms with Crippen LogP contribution in [0, 0.1) is 0 Å². The SMILES string of the molecule is CCCNC1CCN(c2cccc(COC)c2)C(C)C1. The third kappa shape index (κ3) is 3.97. The van der Waals surface area contributed by atoms with Gasteiger partial charge in [-0.15, -0.1) is 0 Å². The fourth-order valence-corrected chi connectivity index (χ4v) is 3.08. The van der Waals surface area contributed by atoms with Gasteiger partial charge in [-0.3, -0.25) is 0 Å². The molecule has 0 spiro atoms. The highest BCUT2D eigenvalue weighted by Crippen LogP contribution is 2.25. The first kappa shape index (κ1) is 15.3. The van der Waals surface area contributed by atoms with Crippen molar-refractivity contribution in [3.8, 4) is 0 Å². The van der Waals surface area contributed by atoms with Crippen LogP contribution in [0.1, 0.15) is 38.7 Å². The molecule has 1 aliphatic heterocycles. The van der Waals surface area contributed by atoms with Crippen LogP contribution in [0.15, 0.2) is 24.3 Å². The number of nitrogens with zero attached hydrogens (tertiary/aromatic N) is 1. The summed E-state index contributed by atoms with van der Waals surface area (Å²) in [6.45, 7) is 7.53. The summed E-state index contributed by atoms with van der Waals surface area (Å²) in [5.74, 6) is 0. The monoisotopic (exact) mass is 276 g/mol. The Hall–Kier alpha value is -1.06. The summed E-state index contributed by atoms with van der Waals surface area (Å²) in [6.07, 6.45) is 3.68. The molecule has 1 aliphatic rings. The van der Waals surface area contributed by atoms with Crippen molar-refractivity contribution >= 4 is 5.69 Å². The van der Waals surface area contributed by atoms with E-state index in [4.69, 9.17) is 4.74 Å². The molecule has 0 radical (unpaired) electrons. The van der Waals surface area contributed by atoms with Crippen molar-refractivity contribution in [2.45, 2.75) is 51.8 Å². The third-order valence-electron chi connectivity index (χ3n) is 4.11. The number of hydrogen-bond acceptors (Lipinski definition) is 3. The van der Waals surface area contributed by atoms with Gasteiger partial charge in [-0.2, -0.15) is 0 Å². The first-order valence-electron chi connectivity index (χ1n) is 7.82.